The number of alkyl halides is 3. The lowest BCUT2D eigenvalue weighted by atomic mass is 9.84. The highest BCUT2D eigenvalue weighted by Crippen LogP contribution is 2.37. The smallest absolute Gasteiger partial charge is 0.320 e. The largest absolute Gasteiger partial charge is 0.329 e. The maximum absolute atomic E-state index is 14.5. The number of nitrogens with one attached hydrogen (secondary N) is 2. The molecule has 12 nitrogen and oxygen atoms in total. The van der Waals surface area contributed by atoms with Crippen LogP contribution in [0.4, 0.5) is 18.9 Å². The first-order chi connectivity index (χ1) is 27.2. The maximum Gasteiger partial charge on any atom is 0.329 e. The van der Waals surface area contributed by atoms with Crippen molar-refractivity contribution in [2.24, 2.45) is 13.0 Å². The molecule has 1 saturated carbocycles. The molecule has 2 N–H and O–H groups in total. The van der Waals surface area contributed by atoms with Crippen molar-refractivity contribution in [3.63, 3.8) is 0 Å². The van der Waals surface area contributed by atoms with Crippen molar-refractivity contribution in [3.05, 3.63) is 87.7 Å². The van der Waals surface area contributed by atoms with Gasteiger partial charge in [0.15, 0.2) is 0 Å². The van der Waals surface area contributed by atoms with Crippen LogP contribution in [0.3, 0.4) is 0 Å². The molecule has 3 fully saturated rings. The van der Waals surface area contributed by atoms with Crippen molar-refractivity contribution in [2.75, 3.05) is 25.0 Å². The SMILES string of the molecule is Cn1c(=O)n(C2CCC(=O)NC2=O)c2ccc(C3CCN(C[C@H]4CC[C@H](n5cc6cc(NC(=O)c7cccc(C(C)(C)F)n7)c(C(F)F)cc6n5)CC4)CC3)cc21. The van der Waals surface area contributed by atoms with Gasteiger partial charge < -0.3 is 10.2 Å². The second-order valence-electron chi connectivity index (χ2n) is 16.4. The number of aryl methyl sites for hydroxylation is 1. The molecule has 2 saturated heterocycles. The van der Waals surface area contributed by atoms with Gasteiger partial charge in [-0.25, -0.2) is 22.9 Å². The fourth-order valence-corrected chi connectivity index (χ4v) is 8.93. The van der Waals surface area contributed by atoms with E-state index in [2.05, 4.69) is 32.7 Å². The van der Waals surface area contributed by atoms with Crippen LogP contribution in [-0.4, -0.2) is 66.2 Å². The summed E-state index contributed by atoms with van der Waals surface area (Å²) in [6.07, 6.45) is 5.43. The third-order valence-electron chi connectivity index (χ3n) is 12.2. The van der Waals surface area contributed by atoms with Crippen LogP contribution >= 0.6 is 0 Å². The third-order valence-corrected chi connectivity index (χ3v) is 12.2. The number of fused-ring (bicyclic) bond motifs is 2. The number of carbonyl (C=O) groups is 3. The van der Waals surface area contributed by atoms with E-state index in [0.717, 1.165) is 63.7 Å². The summed E-state index contributed by atoms with van der Waals surface area (Å²) in [6.45, 7) is 5.64. The van der Waals surface area contributed by atoms with E-state index < -0.39 is 30.0 Å². The number of amides is 3. The number of halogens is 3. The molecular formula is C42H47F3N8O4. The summed E-state index contributed by atoms with van der Waals surface area (Å²) >= 11 is 0. The fraction of sp³-hybridized carbons (Fsp3) is 0.476. The van der Waals surface area contributed by atoms with Crippen LogP contribution in [0, 0.1) is 5.92 Å². The van der Waals surface area contributed by atoms with Crippen molar-refractivity contribution in [1.82, 2.24) is 34.1 Å². The molecule has 57 heavy (non-hydrogen) atoms. The predicted octanol–water partition coefficient (Wildman–Crippen LogP) is 7.07. The zero-order valence-electron chi connectivity index (χ0n) is 32.3. The van der Waals surface area contributed by atoms with E-state index in [9.17, 15) is 32.3 Å². The van der Waals surface area contributed by atoms with Gasteiger partial charge in [-0.3, -0.25) is 33.5 Å². The van der Waals surface area contributed by atoms with Gasteiger partial charge in [-0.2, -0.15) is 5.10 Å². The normalized spacial score (nSPS) is 21.4. The molecule has 1 unspecified atom stereocenters. The van der Waals surface area contributed by atoms with E-state index in [4.69, 9.17) is 5.10 Å². The van der Waals surface area contributed by atoms with Crippen LogP contribution in [0.2, 0.25) is 0 Å². The van der Waals surface area contributed by atoms with Gasteiger partial charge >= 0.3 is 5.69 Å². The lowest BCUT2D eigenvalue weighted by molar-refractivity contribution is -0.135. The molecule has 0 spiro atoms. The summed E-state index contributed by atoms with van der Waals surface area (Å²) in [5.41, 5.74) is 0.700. The summed E-state index contributed by atoms with van der Waals surface area (Å²) in [6, 6.07) is 12.8. The fourth-order valence-electron chi connectivity index (χ4n) is 8.93. The number of likely N-dealkylation sites (tertiary alicyclic amines) is 1. The average Bonchev–Trinajstić information content (AvgIpc) is 3.71. The first kappa shape index (κ1) is 38.6. The van der Waals surface area contributed by atoms with Crippen LogP contribution in [0.1, 0.15) is 117 Å². The van der Waals surface area contributed by atoms with Gasteiger partial charge in [-0.1, -0.05) is 12.1 Å². The van der Waals surface area contributed by atoms with Gasteiger partial charge in [-0.05, 0) is 126 Å². The molecule has 300 valence electrons. The van der Waals surface area contributed by atoms with E-state index in [1.54, 1.807) is 11.6 Å². The lowest BCUT2D eigenvalue weighted by Gasteiger charge is -2.36. The molecule has 1 aliphatic carbocycles. The number of hydrogen-bond donors (Lipinski definition) is 2. The number of benzene rings is 2. The molecule has 0 bridgehead atoms. The van der Waals surface area contributed by atoms with Gasteiger partial charge in [0.1, 0.15) is 17.4 Å². The standard InChI is InChI=1S/C42H47F3N8O4/c1-42(2,45)36-6-4-5-30(46-36)39(55)47-32-19-27-23-52(49-31(27)21-29(32)38(43)44)28-10-7-24(8-11-28)22-51-17-15-25(16-18-51)26-9-12-33-35(20-26)50(3)41(57)53(33)34-13-14-37(54)48-40(34)56/h4-6,9,12,19-21,23-25,28,34,38H,7-8,10-11,13-18,22H2,1-3H3,(H,47,55)(H,48,54,56)/t24-,28-,34?. The molecule has 3 amide bonds. The molecule has 8 rings (SSSR count). The maximum atomic E-state index is 14.5. The molecule has 2 aliphatic heterocycles. The third kappa shape index (κ3) is 7.73. The van der Waals surface area contributed by atoms with E-state index in [1.165, 1.54) is 54.3 Å². The van der Waals surface area contributed by atoms with Crippen LogP contribution in [-0.2, 0) is 22.3 Å². The number of aromatic nitrogens is 5. The number of imidazole rings is 1. The van der Waals surface area contributed by atoms with Crippen LogP contribution in [0.15, 0.2) is 59.5 Å². The Kier molecular flexibility index (Phi) is 10.3. The minimum atomic E-state index is -2.85. The van der Waals surface area contributed by atoms with Crippen molar-refractivity contribution in [3.8, 4) is 0 Å². The van der Waals surface area contributed by atoms with E-state index >= 15 is 0 Å². The Morgan fingerprint density at radius 2 is 1.72 bits per heavy atom. The van der Waals surface area contributed by atoms with Gasteiger partial charge in [0.25, 0.3) is 12.3 Å². The minimum Gasteiger partial charge on any atom is -0.320 e. The van der Waals surface area contributed by atoms with Gasteiger partial charge in [-0.15, -0.1) is 0 Å². The number of piperidine rings is 2. The molecule has 0 radical (unpaired) electrons. The molecule has 3 aliphatic rings. The first-order valence-corrected chi connectivity index (χ1v) is 19.8. The number of nitrogens with zero attached hydrogens (tertiary/aromatic N) is 6. The van der Waals surface area contributed by atoms with E-state index in [-0.39, 0.29) is 46.7 Å². The van der Waals surface area contributed by atoms with Crippen molar-refractivity contribution < 1.29 is 27.6 Å². The monoisotopic (exact) mass is 784 g/mol. The van der Waals surface area contributed by atoms with Crippen LogP contribution in [0.5, 0.6) is 0 Å². The quantitative estimate of drug-likeness (QED) is 0.153. The van der Waals surface area contributed by atoms with Gasteiger partial charge in [0, 0.05) is 37.2 Å². The number of imide groups is 1. The number of anilines is 1. The highest BCUT2D eigenvalue weighted by atomic mass is 19.3. The number of hydrogen-bond acceptors (Lipinski definition) is 7. The highest BCUT2D eigenvalue weighted by molar-refractivity contribution is 6.04. The van der Waals surface area contributed by atoms with Crippen LogP contribution in [0.25, 0.3) is 21.9 Å². The zero-order valence-corrected chi connectivity index (χ0v) is 32.3. The highest BCUT2D eigenvalue weighted by Gasteiger charge is 2.32. The van der Waals surface area contributed by atoms with Gasteiger partial charge in [0.05, 0.1) is 34.0 Å². The van der Waals surface area contributed by atoms with Crippen molar-refractivity contribution >= 4 is 45.3 Å². The Labute approximate surface area is 327 Å². The Morgan fingerprint density at radius 1 is 0.965 bits per heavy atom. The number of carbonyl (C=O) groups excluding carboxylic acids is 3. The second-order valence-corrected chi connectivity index (χ2v) is 16.4. The summed E-state index contributed by atoms with van der Waals surface area (Å²) in [4.78, 5) is 57.2. The Morgan fingerprint density at radius 3 is 2.42 bits per heavy atom. The predicted molar refractivity (Wildman–Crippen MR) is 209 cm³/mol. The Bertz CT molecular complexity index is 2420. The molecule has 15 heteroatoms. The summed E-state index contributed by atoms with van der Waals surface area (Å²) < 4.78 is 47.9. The molecule has 2 aromatic carbocycles. The lowest BCUT2D eigenvalue weighted by Crippen LogP contribution is -2.44. The Balaban J connectivity index is 0.869. The number of pyridine rings is 1. The number of rotatable bonds is 9. The molecular weight excluding hydrogens is 738 g/mol. The molecule has 3 aromatic heterocycles. The summed E-state index contributed by atoms with van der Waals surface area (Å²) in [5.74, 6) is -0.547. The van der Waals surface area contributed by atoms with Crippen molar-refractivity contribution in [1.29, 1.82) is 0 Å². The molecule has 5 aromatic rings. The minimum absolute atomic E-state index is 0.0312. The van der Waals surface area contributed by atoms with Crippen molar-refractivity contribution in [2.45, 2.75) is 95.3 Å². The van der Waals surface area contributed by atoms with E-state index in [0.29, 0.717) is 34.7 Å². The Hall–Kier alpha value is -5.31. The zero-order chi connectivity index (χ0) is 40.2. The average molecular weight is 785 g/mol. The first-order valence-electron chi connectivity index (χ1n) is 19.8. The summed E-state index contributed by atoms with van der Waals surface area (Å²) in [5, 5.41) is 10.3. The summed E-state index contributed by atoms with van der Waals surface area (Å²) in [7, 11) is 1.72. The second kappa shape index (κ2) is 15.2. The molecule has 1 atom stereocenters. The van der Waals surface area contributed by atoms with Gasteiger partial charge in [0.2, 0.25) is 11.8 Å². The van der Waals surface area contributed by atoms with Crippen LogP contribution < -0.4 is 16.3 Å². The topological polar surface area (TPSA) is 136 Å². The van der Waals surface area contributed by atoms with E-state index in [1.807, 2.05) is 16.9 Å². The molecule has 5 heterocycles.